The van der Waals surface area contributed by atoms with E-state index < -0.39 is 11.8 Å². The molecule has 1 N–H and O–H groups in total. The van der Waals surface area contributed by atoms with E-state index in [1.165, 1.54) is 11.0 Å². The second kappa shape index (κ2) is 8.35. The van der Waals surface area contributed by atoms with Crippen LogP contribution in [0.5, 0.6) is 0 Å². The average molecular weight is 521 g/mol. The van der Waals surface area contributed by atoms with Crippen LogP contribution in [-0.4, -0.2) is 21.5 Å². The minimum Gasteiger partial charge on any atom is -0.317 e. The fourth-order valence-electron chi connectivity index (χ4n) is 3.06. The maximum absolute atomic E-state index is 13.2. The number of halogens is 3. The van der Waals surface area contributed by atoms with Gasteiger partial charge in [0.25, 0.3) is 11.8 Å². The number of carbonyl (C=O) groups is 2. The van der Waals surface area contributed by atoms with Crippen molar-refractivity contribution in [2.45, 2.75) is 0 Å². The Kier molecular flexibility index (Phi) is 5.79. The van der Waals surface area contributed by atoms with Crippen LogP contribution >= 0.6 is 51.3 Å². The number of hydrogen-bond donors (Lipinski definition) is 1. The number of rotatable bonds is 3. The van der Waals surface area contributed by atoms with Crippen LogP contribution in [0.15, 0.2) is 70.8 Å². The Labute approximate surface area is 196 Å². The van der Waals surface area contributed by atoms with Gasteiger partial charge >= 0.3 is 0 Å². The van der Waals surface area contributed by atoms with E-state index in [9.17, 15) is 9.59 Å². The highest BCUT2D eigenvalue weighted by Crippen LogP contribution is 2.34. The highest BCUT2D eigenvalue weighted by Gasteiger charge is 2.35. The zero-order valence-electron chi connectivity index (χ0n) is 15.1. The molecule has 0 aliphatic carbocycles. The molecule has 0 radical (unpaired) electrons. The molecular formula is C21H12BrCl2N3O2S. The molecule has 3 aromatic rings. The smallest absolute Gasteiger partial charge is 0.270 e. The van der Waals surface area contributed by atoms with Crippen molar-refractivity contribution < 1.29 is 9.59 Å². The van der Waals surface area contributed by atoms with Gasteiger partial charge in [0.1, 0.15) is 5.57 Å². The van der Waals surface area contributed by atoms with Crippen molar-refractivity contribution in [3.05, 3.63) is 86.6 Å². The second-order valence-corrected chi connectivity index (χ2v) is 8.40. The molecule has 1 aliphatic rings. The molecule has 5 nitrogen and oxygen atoms in total. The van der Waals surface area contributed by atoms with Crippen LogP contribution in [0.4, 0.5) is 5.69 Å². The zero-order chi connectivity index (χ0) is 21.4. The lowest BCUT2D eigenvalue weighted by atomic mass is 10.1. The van der Waals surface area contributed by atoms with Gasteiger partial charge in [-0.05, 0) is 60.8 Å². The van der Waals surface area contributed by atoms with Gasteiger partial charge < -0.3 is 4.57 Å². The number of aromatic nitrogens is 1. The number of amides is 2. The number of carbonyl (C=O) groups excluding carboxylic acids is 2. The molecule has 2 amide bonds. The lowest BCUT2D eigenvalue weighted by molar-refractivity contribution is -0.122. The van der Waals surface area contributed by atoms with Crippen molar-refractivity contribution >= 4 is 80.0 Å². The van der Waals surface area contributed by atoms with E-state index in [4.69, 9.17) is 35.4 Å². The van der Waals surface area contributed by atoms with E-state index in [2.05, 4.69) is 21.2 Å². The summed E-state index contributed by atoms with van der Waals surface area (Å²) in [6.45, 7) is 0. The fourth-order valence-corrected chi connectivity index (χ4v) is 4.10. The highest BCUT2D eigenvalue weighted by molar-refractivity contribution is 9.10. The number of hydrogen-bond acceptors (Lipinski definition) is 3. The van der Waals surface area contributed by atoms with E-state index in [0.717, 1.165) is 10.2 Å². The van der Waals surface area contributed by atoms with Gasteiger partial charge in [0.15, 0.2) is 5.11 Å². The van der Waals surface area contributed by atoms with E-state index in [-0.39, 0.29) is 20.7 Å². The summed E-state index contributed by atoms with van der Waals surface area (Å²) < 4.78 is 2.77. The Morgan fingerprint density at radius 3 is 2.57 bits per heavy atom. The van der Waals surface area contributed by atoms with Crippen LogP contribution in [0.1, 0.15) is 5.69 Å². The highest BCUT2D eigenvalue weighted by atomic mass is 79.9. The Morgan fingerprint density at radius 2 is 1.80 bits per heavy atom. The van der Waals surface area contributed by atoms with E-state index in [0.29, 0.717) is 11.4 Å². The first-order valence-corrected chi connectivity index (χ1v) is 10.6. The SMILES string of the molecule is O=C1NC(=S)N(c2cccc(Cl)c2Cl)C(=O)/C1=C\c1cccn1-c1cccc(Br)c1. The summed E-state index contributed by atoms with van der Waals surface area (Å²) in [4.78, 5) is 27.0. The van der Waals surface area contributed by atoms with Crippen molar-refractivity contribution in [2.24, 2.45) is 0 Å². The van der Waals surface area contributed by atoms with E-state index >= 15 is 0 Å². The molecule has 1 fully saturated rings. The molecule has 4 rings (SSSR count). The number of benzene rings is 2. The summed E-state index contributed by atoms with van der Waals surface area (Å²) in [6.07, 6.45) is 3.36. The molecule has 30 heavy (non-hydrogen) atoms. The molecule has 1 saturated heterocycles. The van der Waals surface area contributed by atoms with Crippen LogP contribution in [0.25, 0.3) is 11.8 Å². The van der Waals surface area contributed by atoms with Crippen LogP contribution in [0.2, 0.25) is 10.0 Å². The number of anilines is 1. The van der Waals surface area contributed by atoms with Crippen LogP contribution in [0.3, 0.4) is 0 Å². The summed E-state index contributed by atoms with van der Waals surface area (Å²) >= 11 is 21.0. The minimum absolute atomic E-state index is 0.0614. The van der Waals surface area contributed by atoms with E-state index in [1.807, 2.05) is 41.1 Å². The number of thiocarbonyl (C=S) groups is 1. The van der Waals surface area contributed by atoms with Gasteiger partial charge in [0.2, 0.25) is 0 Å². The van der Waals surface area contributed by atoms with E-state index in [1.54, 1.807) is 24.3 Å². The van der Waals surface area contributed by atoms with Gasteiger partial charge in [-0.3, -0.25) is 19.8 Å². The molecule has 1 aliphatic heterocycles. The molecule has 2 heterocycles. The summed E-state index contributed by atoms with van der Waals surface area (Å²) in [7, 11) is 0. The molecule has 0 unspecified atom stereocenters. The van der Waals surface area contributed by atoms with Crippen molar-refractivity contribution in [3.8, 4) is 5.69 Å². The third kappa shape index (κ3) is 3.81. The van der Waals surface area contributed by atoms with Crippen molar-refractivity contribution in [1.82, 2.24) is 9.88 Å². The molecule has 0 bridgehead atoms. The quantitative estimate of drug-likeness (QED) is 0.286. The Balaban J connectivity index is 1.78. The maximum atomic E-state index is 13.2. The largest absolute Gasteiger partial charge is 0.317 e. The van der Waals surface area contributed by atoms with Crippen molar-refractivity contribution in [3.63, 3.8) is 0 Å². The lowest BCUT2D eigenvalue weighted by Gasteiger charge is -2.29. The Morgan fingerprint density at radius 1 is 1.03 bits per heavy atom. The normalized spacial score (nSPS) is 15.6. The van der Waals surface area contributed by atoms with Crippen LogP contribution < -0.4 is 10.2 Å². The van der Waals surface area contributed by atoms with Gasteiger partial charge in [0, 0.05) is 22.1 Å². The minimum atomic E-state index is -0.588. The molecule has 0 atom stereocenters. The standard InChI is InChI=1S/C21H12BrCl2N3O2S/c22-12-4-1-5-13(10-12)26-9-3-6-14(26)11-15-19(28)25-21(30)27(20(15)29)17-8-2-7-16(23)18(17)24/h1-11H,(H,25,28,30)/b15-11-. The number of nitrogens with zero attached hydrogens (tertiary/aromatic N) is 2. The van der Waals surface area contributed by atoms with Crippen molar-refractivity contribution in [1.29, 1.82) is 0 Å². The van der Waals surface area contributed by atoms with Gasteiger partial charge in [-0.25, -0.2) is 0 Å². The summed E-state index contributed by atoms with van der Waals surface area (Å²) in [6, 6.07) is 16.2. The summed E-state index contributed by atoms with van der Waals surface area (Å²) in [5, 5.41) is 2.93. The summed E-state index contributed by atoms with van der Waals surface area (Å²) in [5.74, 6) is -1.17. The molecular weight excluding hydrogens is 509 g/mol. The molecule has 150 valence electrons. The molecule has 9 heteroatoms. The monoisotopic (exact) mass is 519 g/mol. The molecule has 2 aromatic carbocycles. The maximum Gasteiger partial charge on any atom is 0.270 e. The van der Waals surface area contributed by atoms with Gasteiger partial charge in [0.05, 0.1) is 15.7 Å². The Hall–Kier alpha value is -2.45. The summed E-state index contributed by atoms with van der Waals surface area (Å²) in [5.41, 5.74) is 1.74. The first kappa shape index (κ1) is 20.8. The number of nitrogens with one attached hydrogen (secondary N) is 1. The predicted octanol–water partition coefficient (Wildman–Crippen LogP) is 5.38. The van der Waals surface area contributed by atoms with Gasteiger partial charge in [-0.2, -0.15) is 0 Å². The van der Waals surface area contributed by atoms with Crippen LogP contribution in [-0.2, 0) is 9.59 Å². The second-order valence-electron chi connectivity index (χ2n) is 6.31. The molecule has 0 spiro atoms. The first-order chi connectivity index (χ1) is 14.4. The van der Waals surface area contributed by atoms with Crippen molar-refractivity contribution in [2.75, 3.05) is 4.90 Å². The van der Waals surface area contributed by atoms with Gasteiger partial charge in [-0.15, -0.1) is 0 Å². The topological polar surface area (TPSA) is 54.3 Å². The first-order valence-electron chi connectivity index (χ1n) is 8.65. The molecule has 1 aromatic heterocycles. The predicted molar refractivity (Wildman–Crippen MR) is 126 cm³/mol. The zero-order valence-corrected chi connectivity index (χ0v) is 19.0. The van der Waals surface area contributed by atoms with Crippen LogP contribution in [0, 0.1) is 0 Å². The average Bonchev–Trinajstić information content (AvgIpc) is 3.16. The third-order valence-corrected chi connectivity index (χ3v) is 6.02. The third-order valence-electron chi connectivity index (χ3n) is 4.43. The Bertz CT molecular complexity index is 1240. The molecule has 0 saturated carbocycles. The fraction of sp³-hybridized carbons (Fsp3) is 0. The lowest BCUT2D eigenvalue weighted by Crippen LogP contribution is -2.54. The van der Waals surface area contributed by atoms with Gasteiger partial charge in [-0.1, -0.05) is 51.3 Å².